The van der Waals surface area contributed by atoms with E-state index in [4.69, 9.17) is 16.9 Å². The zero-order valence-corrected chi connectivity index (χ0v) is 9.40. The minimum absolute atomic E-state index is 0.731. The topological polar surface area (TPSA) is 23.8 Å². The zero-order valence-electron chi connectivity index (χ0n) is 7.83. The first-order valence-corrected chi connectivity index (χ1v) is 5.53. The molecule has 0 aliphatic rings. The molecule has 0 aliphatic carbocycles. The highest BCUT2D eigenvalue weighted by Crippen LogP contribution is 2.22. The van der Waals surface area contributed by atoms with Gasteiger partial charge in [-0.3, -0.25) is 0 Å². The molecule has 0 saturated carbocycles. The average molecular weight is 224 g/mol. The van der Waals surface area contributed by atoms with Crippen LogP contribution in [0.2, 0.25) is 5.02 Å². The van der Waals surface area contributed by atoms with Crippen molar-refractivity contribution in [2.24, 2.45) is 0 Å². The Hall–Kier alpha value is -0.910. The molecule has 0 N–H and O–H groups in total. The fourth-order valence-corrected chi connectivity index (χ4v) is 1.76. The Balaban J connectivity index is 2.66. The predicted octanol–water partition coefficient (Wildman–Crippen LogP) is 4.25. The largest absolute Gasteiger partial charge is 0.193 e. The Morgan fingerprint density at radius 1 is 1.50 bits per heavy atom. The second kappa shape index (κ2) is 5.74. The Kier molecular flexibility index (Phi) is 4.58. The molecule has 0 aliphatic heterocycles. The molecule has 0 heterocycles. The third kappa shape index (κ3) is 3.45. The summed E-state index contributed by atoms with van der Waals surface area (Å²) in [5.41, 5.74) is 0.796. The summed E-state index contributed by atoms with van der Waals surface area (Å²) in [6.45, 7) is 1.97. The van der Waals surface area contributed by atoms with E-state index in [9.17, 15) is 0 Å². The van der Waals surface area contributed by atoms with E-state index in [1.54, 1.807) is 11.8 Å². The van der Waals surface area contributed by atoms with Gasteiger partial charge in [-0.2, -0.15) is 5.26 Å². The lowest BCUT2D eigenvalue weighted by molar-refractivity contribution is 1.16. The van der Waals surface area contributed by atoms with Crippen molar-refractivity contribution in [3.63, 3.8) is 0 Å². The first-order chi connectivity index (χ1) is 6.76. The van der Waals surface area contributed by atoms with E-state index >= 15 is 0 Å². The van der Waals surface area contributed by atoms with Gasteiger partial charge in [0.1, 0.15) is 0 Å². The maximum Gasteiger partial charge on any atom is 0.0952 e. The van der Waals surface area contributed by atoms with Crippen LogP contribution >= 0.6 is 23.4 Å². The summed E-state index contributed by atoms with van der Waals surface area (Å²) in [7, 11) is 0. The number of rotatable bonds is 3. The minimum atomic E-state index is 0.731. The van der Waals surface area contributed by atoms with Gasteiger partial charge in [0.2, 0.25) is 0 Å². The van der Waals surface area contributed by atoms with Crippen molar-refractivity contribution >= 4 is 23.4 Å². The van der Waals surface area contributed by atoms with Crippen LogP contribution in [-0.4, -0.2) is 0 Å². The molecule has 0 bridgehead atoms. The van der Waals surface area contributed by atoms with E-state index in [2.05, 4.69) is 6.07 Å². The number of nitrogens with zero attached hydrogens (tertiary/aromatic N) is 1. The number of allylic oxidation sites excluding steroid dienone is 1. The standard InChI is InChI=1S/C11H10ClNS/c1-2-9(7-13)8-14-11-5-3-10(12)4-6-11/h3-6,8H,2H2,1H3. The van der Waals surface area contributed by atoms with E-state index in [0.717, 1.165) is 21.9 Å². The van der Waals surface area contributed by atoms with Gasteiger partial charge in [-0.25, -0.2) is 0 Å². The summed E-state index contributed by atoms with van der Waals surface area (Å²) in [5, 5.41) is 11.3. The number of hydrogen-bond acceptors (Lipinski definition) is 2. The van der Waals surface area contributed by atoms with E-state index < -0.39 is 0 Å². The SMILES string of the molecule is CCC(C#N)=CSc1ccc(Cl)cc1. The van der Waals surface area contributed by atoms with Gasteiger partial charge in [0.25, 0.3) is 0 Å². The molecule has 0 aromatic heterocycles. The Bertz CT molecular complexity index is 362. The van der Waals surface area contributed by atoms with Crippen LogP contribution < -0.4 is 0 Å². The monoisotopic (exact) mass is 223 g/mol. The van der Waals surface area contributed by atoms with Gasteiger partial charge >= 0.3 is 0 Å². The van der Waals surface area contributed by atoms with Gasteiger partial charge in [-0.05, 0) is 36.1 Å². The number of halogens is 1. The van der Waals surface area contributed by atoms with Crippen molar-refractivity contribution in [1.82, 2.24) is 0 Å². The van der Waals surface area contributed by atoms with Gasteiger partial charge in [-0.15, -0.1) is 0 Å². The summed E-state index contributed by atoms with van der Waals surface area (Å²) >= 11 is 7.30. The van der Waals surface area contributed by atoms with Crippen LogP contribution in [0.1, 0.15) is 13.3 Å². The third-order valence-electron chi connectivity index (χ3n) is 1.68. The summed E-state index contributed by atoms with van der Waals surface area (Å²) in [6, 6.07) is 9.71. The summed E-state index contributed by atoms with van der Waals surface area (Å²) < 4.78 is 0. The van der Waals surface area contributed by atoms with Crippen LogP contribution in [0.4, 0.5) is 0 Å². The smallest absolute Gasteiger partial charge is 0.0952 e. The molecular weight excluding hydrogens is 214 g/mol. The zero-order chi connectivity index (χ0) is 10.4. The molecule has 0 saturated heterocycles. The third-order valence-corrected chi connectivity index (χ3v) is 2.87. The fourth-order valence-electron chi connectivity index (χ4n) is 0.841. The summed E-state index contributed by atoms with van der Waals surface area (Å²) in [6.07, 6.45) is 0.775. The lowest BCUT2D eigenvalue weighted by Crippen LogP contribution is -1.73. The van der Waals surface area contributed by atoms with Gasteiger partial charge in [0.15, 0.2) is 0 Å². The van der Waals surface area contributed by atoms with Crippen LogP contribution in [-0.2, 0) is 0 Å². The van der Waals surface area contributed by atoms with Crippen molar-refractivity contribution in [3.05, 3.63) is 40.3 Å². The lowest BCUT2D eigenvalue weighted by atomic mass is 10.3. The number of benzene rings is 1. The molecule has 0 atom stereocenters. The highest BCUT2D eigenvalue weighted by molar-refractivity contribution is 8.02. The van der Waals surface area contributed by atoms with Crippen LogP contribution in [0.25, 0.3) is 0 Å². The number of thioether (sulfide) groups is 1. The molecule has 1 aromatic carbocycles. The van der Waals surface area contributed by atoms with Crippen molar-refractivity contribution in [3.8, 4) is 6.07 Å². The first-order valence-electron chi connectivity index (χ1n) is 4.27. The highest BCUT2D eigenvalue weighted by Gasteiger charge is 1.93. The molecule has 0 fully saturated rings. The second-order valence-corrected chi connectivity index (χ2v) is 4.06. The Morgan fingerprint density at radius 2 is 2.14 bits per heavy atom. The molecule has 1 nitrogen and oxygen atoms in total. The van der Waals surface area contributed by atoms with Crippen LogP contribution in [0, 0.1) is 11.3 Å². The maximum atomic E-state index is 8.70. The second-order valence-electron chi connectivity index (χ2n) is 2.68. The van der Waals surface area contributed by atoms with Gasteiger partial charge < -0.3 is 0 Å². The van der Waals surface area contributed by atoms with Crippen molar-refractivity contribution in [1.29, 1.82) is 5.26 Å². The predicted molar refractivity (Wildman–Crippen MR) is 61.3 cm³/mol. The number of hydrogen-bond donors (Lipinski definition) is 0. The first kappa shape index (κ1) is 11.2. The van der Waals surface area contributed by atoms with Gasteiger partial charge in [-0.1, -0.05) is 30.3 Å². The van der Waals surface area contributed by atoms with Gasteiger partial charge in [0, 0.05) is 15.5 Å². The van der Waals surface area contributed by atoms with E-state index in [1.807, 2.05) is 36.6 Å². The average Bonchev–Trinajstić information content (AvgIpc) is 2.22. The molecule has 1 aromatic rings. The summed E-state index contributed by atoms with van der Waals surface area (Å²) in [4.78, 5) is 1.09. The fraction of sp³-hybridized carbons (Fsp3) is 0.182. The highest BCUT2D eigenvalue weighted by atomic mass is 35.5. The molecule has 0 amide bonds. The van der Waals surface area contributed by atoms with E-state index in [0.29, 0.717) is 0 Å². The molecule has 0 spiro atoms. The van der Waals surface area contributed by atoms with Crippen molar-refractivity contribution < 1.29 is 0 Å². The number of nitriles is 1. The molecule has 14 heavy (non-hydrogen) atoms. The molecule has 1 rings (SSSR count). The molecular formula is C11H10ClNS. The van der Waals surface area contributed by atoms with Crippen LogP contribution in [0.3, 0.4) is 0 Å². The van der Waals surface area contributed by atoms with E-state index in [1.165, 1.54) is 0 Å². The van der Waals surface area contributed by atoms with E-state index in [-0.39, 0.29) is 0 Å². The van der Waals surface area contributed by atoms with Crippen molar-refractivity contribution in [2.75, 3.05) is 0 Å². The maximum absolute atomic E-state index is 8.70. The molecule has 3 heteroatoms. The summed E-state index contributed by atoms with van der Waals surface area (Å²) in [5.74, 6) is 0. The van der Waals surface area contributed by atoms with Crippen LogP contribution in [0.15, 0.2) is 40.1 Å². The molecule has 0 unspecified atom stereocenters. The Labute approximate surface area is 93.4 Å². The quantitative estimate of drug-likeness (QED) is 0.565. The molecule has 72 valence electrons. The van der Waals surface area contributed by atoms with Gasteiger partial charge in [0.05, 0.1) is 6.07 Å². The Morgan fingerprint density at radius 3 is 2.64 bits per heavy atom. The van der Waals surface area contributed by atoms with Crippen LogP contribution in [0.5, 0.6) is 0 Å². The molecule has 0 radical (unpaired) electrons. The normalized spacial score (nSPS) is 11.1. The van der Waals surface area contributed by atoms with Crippen molar-refractivity contribution in [2.45, 2.75) is 18.2 Å². The lowest BCUT2D eigenvalue weighted by Gasteiger charge is -1.96. The minimum Gasteiger partial charge on any atom is -0.193 e.